The summed E-state index contributed by atoms with van der Waals surface area (Å²) in [6.07, 6.45) is 1.62. The molecule has 0 spiro atoms. The molecule has 20 heavy (non-hydrogen) atoms. The fraction of sp³-hybridized carbons (Fsp3) is 0.333. The van der Waals surface area contributed by atoms with Crippen molar-refractivity contribution >= 4 is 16.7 Å². The number of pyridine rings is 1. The lowest BCUT2D eigenvalue weighted by Crippen LogP contribution is -2.20. The molecule has 0 aliphatic heterocycles. The molecule has 0 radical (unpaired) electrons. The Morgan fingerprint density at radius 2 is 2.10 bits per heavy atom. The van der Waals surface area contributed by atoms with E-state index in [4.69, 9.17) is 9.84 Å². The number of carbonyl (C=O) groups is 1. The molecule has 0 aliphatic carbocycles. The van der Waals surface area contributed by atoms with E-state index < -0.39 is 5.97 Å². The van der Waals surface area contributed by atoms with E-state index in [9.17, 15) is 9.59 Å². The number of aromatic nitrogens is 1. The van der Waals surface area contributed by atoms with Gasteiger partial charge in [0, 0.05) is 18.1 Å². The number of rotatable bonds is 5. The summed E-state index contributed by atoms with van der Waals surface area (Å²) in [5.41, 5.74) is -0.181. The summed E-state index contributed by atoms with van der Waals surface area (Å²) in [4.78, 5) is 22.8. The Hall–Kier alpha value is -2.30. The number of ether oxygens (including phenoxy) is 1. The summed E-state index contributed by atoms with van der Waals surface area (Å²) in [6.45, 7) is 4.05. The van der Waals surface area contributed by atoms with E-state index in [1.54, 1.807) is 24.4 Å². The molecule has 0 saturated heterocycles. The first-order valence-corrected chi connectivity index (χ1v) is 6.49. The number of aryl methyl sites for hydroxylation is 1. The van der Waals surface area contributed by atoms with Crippen molar-refractivity contribution in [3.8, 4) is 5.75 Å². The zero-order valence-corrected chi connectivity index (χ0v) is 11.5. The van der Waals surface area contributed by atoms with Gasteiger partial charge in [-0.15, -0.1) is 0 Å². The highest BCUT2D eigenvalue weighted by molar-refractivity contribution is 5.82. The van der Waals surface area contributed by atoms with Gasteiger partial charge in [-0.05, 0) is 43.5 Å². The van der Waals surface area contributed by atoms with Crippen LogP contribution in [-0.4, -0.2) is 21.7 Å². The Bertz CT molecular complexity index is 688. The quantitative estimate of drug-likeness (QED) is 0.908. The second-order valence-electron chi connectivity index (χ2n) is 4.87. The van der Waals surface area contributed by atoms with Crippen molar-refractivity contribution in [2.75, 3.05) is 0 Å². The van der Waals surface area contributed by atoms with E-state index in [1.165, 1.54) is 4.57 Å². The third-order valence-corrected chi connectivity index (χ3v) is 2.89. The van der Waals surface area contributed by atoms with Crippen molar-refractivity contribution in [2.45, 2.75) is 32.9 Å². The highest BCUT2D eigenvalue weighted by atomic mass is 16.5. The van der Waals surface area contributed by atoms with Gasteiger partial charge in [0.1, 0.15) is 5.75 Å². The number of nitrogens with zero attached hydrogens (tertiary/aromatic N) is 1. The van der Waals surface area contributed by atoms with Crippen molar-refractivity contribution < 1.29 is 14.6 Å². The molecule has 0 fully saturated rings. The van der Waals surface area contributed by atoms with Crippen LogP contribution in [0.3, 0.4) is 0 Å². The van der Waals surface area contributed by atoms with Crippen LogP contribution in [0.4, 0.5) is 0 Å². The average molecular weight is 275 g/mol. The lowest BCUT2D eigenvalue weighted by atomic mass is 10.1. The Labute approximate surface area is 116 Å². The standard InChI is InChI=1S/C15H17NO4/c1-10(2)20-12-3-4-13-11(9-12)5-7-16(15(13)19)8-6-14(17)18/h3-5,7,9-10H,6,8H2,1-2H3,(H,17,18). The van der Waals surface area contributed by atoms with Crippen LogP contribution in [0, 0.1) is 0 Å². The molecule has 5 heteroatoms. The molecule has 0 aliphatic rings. The Balaban J connectivity index is 2.37. The topological polar surface area (TPSA) is 68.5 Å². The first-order valence-electron chi connectivity index (χ1n) is 6.49. The molecule has 2 aromatic rings. The summed E-state index contributed by atoms with van der Waals surface area (Å²) in [7, 11) is 0. The van der Waals surface area contributed by atoms with Gasteiger partial charge in [0.15, 0.2) is 0 Å². The number of carboxylic acids is 1. The van der Waals surface area contributed by atoms with Gasteiger partial charge >= 0.3 is 5.97 Å². The van der Waals surface area contributed by atoms with Crippen molar-refractivity contribution in [1.29, 1.82) is 0 Å². The zero-order valence-electron chi connectivity index (χ0n) is 11.5. The number of fused-ring (bicyclic) bond motifs is 1. The second kappa shape index (κ2) is 5.77. The van der Waals surface area contributed by atoms with Crippen LogP contribution < -0.4 is 10.3 Å². The van der Waals surface area contributed by atoms with Gasteiger partial charge < -0.3 is 14.4 Å². The number of aliphatic carboxylic acids is 1. The fourth-order valence-electron chi connectivity index (χ4n) is 2.00. The van der Waals surface area contributed by atoms with Crippen LogP contribution in [0.1, 0.15) is 20.3 Å². The van der Waals surface area contributed by atoms with Crippen LogP contribution in [0.5, 0.6) is 5.75 Å². The lowest BCUT2D eigenvalue weighted by molar-refractivity contribution is -0.137. The molecule has 5 nitrogen and oxygen atoms in total. The van der Waals surface area contributed by atoms with E-state index in [-0.39, 0.29) is 24.6 Å². The zero-order chi connectivity index (χ0) is 14.7. The molecule has 0 saturated carbocycles. The van der Waals surface area contributed by atoms with Crippen LogP contribution in [0.2, 0.25) is 0 Å². The predicted octanol–water partition coefficient (Wildman–Crippen LogP) is 2.26. The summed E-state index contributed by atoms with van der Waals surface area (Å²) < 4.78 is 7.00. The molecule has 0 unspecified atom stereocenters. The number of carboxylic acid groups (broad SMARTS) is 1. The first-order chi connectivity index (χ1) is 9.47. The second-order valence-corrected chi connectivity index (χ2v) is 4.87. The lowest BCUT2D eigenvalue weighted by Gasteiger charge is -2.11. The minimum Gasteiger partial charge on any atom is -0.491 e. The average Bonchev–Trinajstić information content (AvgIpc) is 2.37. The minimum atomic E-state index is -0.919. The normalized spacial score (nSPS) is 10.9. The molecular weight excluding hydrogens is 258 g/mol. The van der Waals surface area contributed by atoms with E-state index >= 15 is 0 Å². The highest BCUT2D eigenvalue weighted by Gasteiger charge is 2.06. The third-order valence-electron chi connectivity index (χ3n) is 2.89. The number of hydrogen-bond acceptors (Lipinski definition) is 3. The number of hydrogen-bond donors (Lipinski definition) is 1. The Morgan fingerprint density at radius 3 is 2.75 bits per heavy atom. The molecule has 1 N–H and O–H groups in total. The SMILES string of the molecule is CC(C)Oc1ccc2c(=O)n(CCC(=O)O)ccc2c1. The highest BCUT2D eigenvalue weighted by Crippen LogP contribution is 2.19. The fourth-order valence-corrected chi connectivity index (χ4v) is 2.00. The monoisotopic (exact) mass is 275 g/mol. The maximum absolute atomic E-state index is 12.2. The summed E-state index contributed by atoms with van der Waals surface area (Å²) in [5.74, 6) is -0.201. The molecule has 1 aromatic carbocycles. The molecule has 1 heterocycles. The van der Waals surface area contributed by atoms with Crippen molar-refractivity contribution in [3.63, 3.8) is 0 Å². The third kappa shape index (κ3) is 3.17. The van der Waals surface area contributed by atoms with E-state index in [0.717, 1.165) is 11.1 Å². The number of benzene rings is 1. The van der Waals surface area contributed by atoms with Gasteiger partial charge in [0.25, 0.3) is 5.56 Å². The van der Waals surface area contributed by atoms with Crippen LogP contribution >= 0.6 is 0 Å². The minimum absolute atomic E-state index is 0.0695. The van der Waals surface area contributed by atoms with Crippen LogP contribution in [0.25, 0.3) is 10.8 Å². The van der Waals surface area contributed by atoms with E-state index in [2.05, 4.69) is 0 Å². The van der Waals surface area contributed by atoms with Crippen molar-refractivity contribution in [1.82, 2.24) is 4.57 Å². The summed E-state index contributed by atoms with van der Waals surface area (Å²) in [6, 6.07) is 7.09. The Morgan fingerprint density at radius 1 is 1.35 bits per heavy atom. The van der Waals surface area contributed by atoms with E-state index in [0.29, 0.717) is 5.39 Å². The molecule has 2 rings (SSSR count). The van der Waals surface area contributed by atoms with Gasteiger partial charge in [0.2, 0.25) is 0 Å². The van der Waals surface area contributed by atoms with Gasteiger partial charge in [0.05, 0.1) is 12.5 Å². The largest absolute Gasteiger partial charge is 0.491 e. The van der Waals surface area contributed by atoms with Crippen LogP contribution in [-0.2, 0) is 11.3 Å². The van der Waals surface area contributed by atoms with Crippen LogP contribution in [0.15, 0.2) is 35.3 Å². The molecule has 0 atom stereocenters. The summed E-state index contributed by atoms with van der Waals surface area (Å²) >= 11 is 0. The Kier molecular flexibility index (Phi) is 4.08. The smallest absolute Gasteiger partial charge is 0.305 e. The molecule has 106 valence electrons. The van der Waals surface area contributed by atoms with Gasteiger partial charge in [-0.3, -0.25) is 9.59 Å². The first kappa shape index (κ1) is 14.1. The van der Waals surface area contributed by atoms with Gasteiger partial charge in [-0.2, -0.15) is 0 Å². The maximum atomic E-state index is 12.2. The molecule has 0 bridgehead atoms. The van der Waals surface area contributed by atoms with E-state index in [1.807, 2.05) is 19.9 Å². The predicted molar refractivity (Wildman–Crippen MR) is 76.2 cm³/mol. The van der Waals surface area contributed by atoms with Gasteiger partial charge in [-0.25, -0.2) is 0 Å². The summed E-state index contributed by atoms with van der Waals surface area (Å²) in [5, 5.41) is 10.0. The van der Waals surface area contributed by atoms with Crippen molar-refractivity contribution in [3.05, 3.63) is 40.8 Å². The van der Waals surface area contributed by atoms with Gasteiger partial charge in [-0.1, -0.05) is 0 Å². The molecular formula is C15H17NO4. The van der Waals surface area contributed by atoms with Crippen molar-refractivity contribution in [2.24, 2.45) is 0 Å². The maximum Gasteiger partial charge on any atom is 0.305 e. The molecule has 1 aromatic heterocycles. The molecule has 0 amide bonds.